The van der Waals surface area contributed by atoms with Crippen molar-refractivity contribution in [3.8, 4) is 0 Å². The Hall–Kier alpha value is -0.800. The lowest BCUT2D eigenvalue weighted by Gasteiger charge is -2.41. The molecule has 1 saturated carbocycles. The number of carbonyl (C=O) groups excluding carboxylic acids is 1. The van der Waals surface area contributed by atoms with E-state index in [9.17, 15) is 18.0 Å². The second-order valence-electron chi connectivity index (χ2n) is 5.14. The molecule has 2 unspecified atom stereocenters. The monoisotopic (exact) mass is 232 g/mol. The number of carbonyl (C=O) groups is 1. The molecule has 0 aromatic carbocycles. The molecule has 16 heavy (non-hydrogen) atoms. The molecule has 4 heteroatoms. The minimum atomic E-state index is -4.20. The third-order valence-corrected chi connectivity index (χ3v) is 3.80. The van der Waals surface area contributed by atoms with Crippen molar-refractivity contribution in [1.82, 2.24) is 0 Å². The van der Waals surface area contributed by atoms with Gasteiger partial charge in [-0.3, -0.25) is 4.79 Å². The molecule has 0 spiro atoms. The summed E-state index contributed by atoms with van der Waals surface area (Å²) >= 11 is 0. The predicted molar refractivity (Wildman–Crippen MR) is 53.8 cm³/mol. The van der Waals surface area contributed by atoms with Gasteiger partial charge in [-0.2, -0.15) is 13.2 Å². The minimum Gasteiger partial charge on any atom is -0.298 e. The van der Waals surface area contributed by atoms with E-state index in [0.29, 0.717) is 18.4 Å². The van der Waals surface area contributed by atoms with Gasteiger partial charge in [0.05, 0.1) is 6.42 Å². The fourth-order valence-electron chi connectivity index (χ4n) is 2.85. The lowest BCUT2D eigenvalue weighted by Crippen LogP contribution is -2.41. The maximum Gasteiger partial charge on any atom is 0.392 e. The Morgan fingerprint density at radius 1 is 1.50 bits per heavy atom. The van der Waals surface area contributed by atoms with Gasteiger partial charge in [-0.25, -0.2) is 0 Å². The maximum atomic E-state index is 12.3. The number of Topliss-reactive ketones (excluding diaryl/α,β-unsaturated/α-hetero) is 1. The zero-order chi connectivity index (χ0) is 12.0. The molecule has 90 valence electrons. The van der Waals surface area contributed by atoms with Crippen LogP contribution in [0.1, 0.15) is 39.0 Å². The van der Waals surface area contributed by atoms with Crippen molar-refractivity contribution < 1.29 is 18.0 Å². The molecule has 0 aliphatic heterocycles. The van der Waals surface area contributed by atoms with Crippen LogP contribution in [-0.2, 0) is 4.79 Å². The lowest BCUT2D eigenvalue weighted by molar-refractivity contribution is -0.139. The van der Waals surface area contributed by atoms with Crippen LogP contribution < -0.4 is 0 Å². The highest BCUT2D eigenvalue weighted by Crippen LogP contribution is 2.47. The summed E-state index contributed by atoms with van der Waals surface area (Å²) in [5.74, 6) is -0.436. The highest BCUT2D eigenvalue weighted by Gasteiger charge is 2.46. The molecule has 2 rings (SSSR count). The molecule has 0 aromatic heterocycles. The van der Waals surface area contributed by atoms with Crippen LogP contribution in [0.3, 0.4) is 0 Å². The largest absolute Gasteiger partial charge is 0.392 e. The van der Waals surface area contributed by atoms with E-state index in [4.69, 9.17) is 0 Å². The summed E-state index contributed by atoms with van der Waals surface area (Å²) < 4.78 is 37.0. The first-order valence-electron chi connectivity index (χ1n) is 5.62. The van der Waals surface area contributed by atoms with Crippen molar-refractivity contribution in [2.75, 3.05) is 0 Å². The fraction of sp³-hybridized carbons (Fsp3) is 0.750. The van der Waals surface area contributed by atoms with Crippen LogP contribution in [-0.4, -0.2) is 12.0 Å². The number of halogens is 3. The molecular weight excluding hydrogens is 217 g/mol. The average molecular weight is 232 g/mol. The second-order valence-corrected chi connectivity index (χ2v) is 5.14. The van der Waals surface area contributed by atoms with Gasteiger partial charge in [-0.15, -0.1) is 0 Å². The second kappa shape index (κ2) is 3.60. The Kier molecular flexibility index (Phi) is 2.63. The number of allylic oxidation sites excluding steroid dienone is 2. The summed E-state index contributed by atoms with van der Waals surface area (Å²) in [6.45, 7) is 1.88. The van der Waals surface area contributed by atoms with Crippen molar-refractivity contribution >= 4 is 5.78 Å². The van der Waals surface area contributed by atoms with E-state index in [-0.39, 0.29) is 5.78 Å². The minimum absolute atomic E-state index is 0.0282. The number of hydrogen-bond acceptors (Lipinski definition) is 1. The Bertz CT molecular complexity index is 343. The van der Waals surface area contributed by atoms with Crippen molar-refractivity contribution in [1.29, 1.82) is 0 Å². The van der Waals surface area contributed by atoms with Crippen LogP contribution >= 0.6 is 0 Å². The zero-order valence-electron chi connectivity index (χ0n) is 9.23. The van der Waals surface area contributed by atoms with Crippen molar-refractivity contribution in [3.63, 3.8) is 0 Å². The van der Waals surface area contributed by atoms with Gasteiger partial charge in [0.25, 0.3) is 0 Å². The van der Waals surface area contributed by atoms with E-state index < -0.39 is 23.9 Å². The maximum absolute atomic E-state index is 12.3. The molecule has 2 aliphatic carbocycles. The van der Waals surface area contributed by atoms with Crippen LogP contribution in [0.2, 0.25) is 0 Å². The molecule has 1 nitrogen and oxygen atoms in total. The van der Waals surface area contributed by atoms with Crippen LogP contribution in [0.25, 0.3) is 0 Å². The zero-order valence-corrected chi connectivity index (χ0v) is 9.23. The highest BCUT2D eigenvalue weighted by atomic mass is 19.4. The molecule has 0 N–H and O–H groups in total. The summed E-state index contributed by atoms with van der Waals surface area (Å²) in [5.41, 5.74) is -0.0902. The van der Waals surface area contributed by atoms with E-state index >= 15 is 0 Å². The molecule has 0 aromatic rings. The summed E-state index contributed by atoms with van der Waals surface area (Å²) in [6, 6.07) is 0. The fourth-order valence-corrected chi connectivity index (χ4v) is 2.85. The summed E-state index contributed by atoms with van der Waals surface area (Å²) in [5, 5.41) is 0. The predicted octanol–water partition coefficient (Wildman–Crippen LogP) is 3.64. The highest BCUT2D eigenvalue weighted by molar-refractivity contribution is 5.91. The van der Waals surface area contributed by atoms with E-state index in [1.165, 1.54) is 0 Å². The number of alkyl halides is 3. The van der Waals surface area contributed by atoms with Gasteiger partial charge in [-0.05, 0) is 19.3 Å². The SMILES string of the molecule is CC12CC=C(CC(F)(F)F)C(CCC1)C2=O. The first kappa shape index (κ1) is 11.7. The van der Waals surface area contributed by atoms with E-state index in [2.05, 4.69) is 0 Å². The lowest BCUT2D eigenvalue weighted by atomic mass is 9.62. The van der Waals surface area contributed by atoms with Gasteiger partial charge in [0.1, 0.15) is 5.78 Å². The van der Waals surface area contributed by atoms with Gasteiger partial charge < -0.3 is 0 Å². The Morgan fingerprint density at radius 3 is 2.81 bits per heavy atom. The molecule has 2 atom stereocenters. The molecular formula is C12H15F3O. The van der Waals surface area contributed by atoms with Gasteiger partial charge in [0.2, 0.25) is 0 Å². The molecule has 0 amide bonds. The third-order valence-electron chi connectivity index (χ3n) is 3.80. The topological polar surface area (TPSA) is 17.1 Å². The standard InChI is InChI=1S/C12H15F3O/c1-11-5-2-3-9(10(11)16)8(4-6-11)7-12(13,14)15/h4,9H,2-3,5-7H2,1H3. The molecule has 2 aliphatic rings. The Morgan fingerprint density at radius 2 is 2.19 bits per heavy atom. The van der Waals surface area contributed by atoms with Crippen LogP contribution in [0.15, 0.2) is 11.6 Å². The summed E-state index contributed by atoms with van der Waals surface area (Å²) in [7, 11) is 0. The molecule has 1 fully saturated rings. The number of hydrogen-bond donors (Lipinski definition) is 0. The normalized spacial score (nSPS) is 34.9. The van der Waals surface area contributed by atoms with Gasteiger partial charge >= 0.3 is 6.18 Å². The molecule has 2 bridgehead atoms. The van der Waals surface area contributed by atoms with Crippen molar-refractivity contribution in [2.24, 2.45) is 11.3 Å². The third kappa shape index (κ3) is 2.02. The smallest absolute Gasteiger partial charge is 0.298 e. The molecule has 0 heterocycles. The Balaban J connectivity index is 2.23. The first-order chi connectivity index (χ1) is 7.32. The Labute approximate surface area is 92.7 Å². The van der Waals surface area contributed by atoms with Crippen molar-refractivity contribution in [2.45, 2.75) is 45.2 Å². The van der Waals surface area contributed by atoms with E-state index in [1.807, 2.05) is 6.92 Å². The van der Waals surface area contributed by atoms with Crippen LogP contribution in [0, 0.1) is 11.3 Å². The number of ketones is 1. The summed E-state index contributed by atoms with van der Waals surface area (Å²) in [6.07, 6.45) is -0.709. The van der Waals surface area contributed by atoms with Crippen LogP contribution in [0.4, 0.5) is 13.2 Å². The van der Waals surface area contributed by atoms with Crippen molar-refractivity contribution in [3.05, 3.63) is 11.6 Å². The quantitative estimate of drug-likeness (QED) is 0.631. The molecule has 0 saturated heterocycles. The van der Waals surface area contributed by atoms with E-state index in [0.717, 1.165) is 12.8 Å². The number of fused-ring (bicyclic) bond motifs is 2. The van der Waals surface area contributed by atoms with Crippen LogP contribution in [0.5, 0.6) is 0 Å². The van der Waals surface area contributed by atoms with E-state index in [1.54, 1.807) is 6.08 Å². The molecule has 0 radical (unpaired) electrons. The van der Waals surface area contributed by atoms with Gasteiger partial charge in [-0.1, -0.05) is 25.0 Å². The van der Waals surface area contributed by atoms with Gasteiger partial charge in [0, 0.05) is 11.3 Å². The first-order valence-corrected chi connectivity index (χ1v) is 5.62. The average Bonchev–Trinajstić information content (AvgIpc) is 2.13. The number of rotatable bonds is 1. The van der Waals surface area contributed by atoms with Gasteiger partial charge in [0.15, 0.2) is 0 Å². The summed E-state index contributed by atoms with van der Waals surface area (Å²) in [4.78, 5) is 12.0.